The first kappa shape index (κ1) is 37.0. The highest BCUT2D eigenvalue weighted by atomic mass is 127. The van der Waals surface area contributed by atoms with Crippen LogP contribution in [0.4, 0.5) is 0 Å². The summed E-state index contributed by atoms with van der Waals surface area (Å²) in [5.74, 6) is 0. The van der Waals surface area contributed by atoms with E-state index in [1.165, 1.54) is 58.6 Å². The van der Waals surface area contributed by atoms with Crippen molar-refractivity contribution in [3.63, 3.8) is 0 Å². The third kappa shape index (κ3) is 6.85. The van der Waals surface area contributed by atoms with Gasteiger partial charge in [0.25, 0.3) is 0 Å². The maximum absolute atomic E-state index is 6.50. The number of benzene rings is 8. The normalized spacial score (nSPS) is 11.3. The van der Waals surface area contributed by atoms with E-state index in [0.29, 0.717) is 0 Å². The first-order valence-electron chi connectivity index (χ1n) is 19.3. The standard InChI is InChI=1S/C26H17ClN2.C18H12IN.C8H6ClN/c27-23-17-28(24-12-6-5-11-21(23)24)19-14-15-26-22(16-19)20-10-4-7-13-25(20)29(26)18-8-2-1-3-9-18;19-13-10-11-18-16(12-13)15-8-4-5-9-17(15)20(18)14-6-2-1-3-7-14;9-7-5-10-8-4-2-1-3-6(7)8/h1-17H;1-12H;1-5,10H. The zero-order valence-corrected chi connectivity index (χ0v) is 35.3. The molecule has 12 aromatic rings. The Kier molecular flexibility index (Phi) is 9.94. The van der Waals surface area contributed by atoms with Crippen molar-refractivity contribution in [1.29, 1.82) is 0 Å². The third-order valence-electron chi connectivity index (χ3n) is 10.8. The number of rotatable bonds is 3. The third-order valence-corrected chi connectivity index (χ3v) is 12.1. The van der Waals surface area contributed by atoms with Crippen LogP contribution < -0.4 is 0 Å². The Morgan fingerprint density at radius 3 is 1.46 bits per heavy atom. The number of aromatic amines is 1. The van der Waals surface area contributed by atoms with Gasteiger partial charge in [0.05, 0.1) is 37.6 Å². The van der Waals surface area contributed by atoms with Crippen LogP contribution in [-0.4, -0.2) is 18.7 Å². The lowest BCUT2D eigenvalue weighted by Gasteiger charge is -2.09. The lowest BCUT2D eigenvalue weighted by Crippen LogP contribution is -1.94. The number of nitrogens with zero attached hydrogens (tertiary/aromatic N) is 3. The van der Waals surface area contributed by atoms with Crippen LogP contribution >= 0.6 is 45.8 Å². The summed E-state index contributed by atoms with van der Waals surface area (Å²) in [6.07, 6.45) is 3.80. The fraction of sp³-hybridized carbons (Fsp3) is 0. The quantitative estimate of drug-likeness (QED) is 0.171. The number of hydrogen-bond acceptors (Lipinski definition) is 0. The molecule has 284 valence electrons. The lowest BCUT2D eigenvalue weighted by atomic mass is 10.1. The molecule has 12 rings (SSSR count). The van der Waals surface area contributed by atoms with Gasteiger partial charge in [-0.15, -0.1) is 0 Å². The molecule has 0 aliphatic heterocycles. The first-order chi connectivity index (χ1) is 29.0. The highest BCUT2D eigenvalue weighted by molar-refractivity contribution is 14.1. The van der Waals surface area contributed by atoms with Crippen LogP contribution in [0, 0.1) is 3.57 Å². The largest absolute Gasteiger partial charge is 0.360 e. The summed E-state index contributed by atoms with van der Waals surface area (Å²) in [5.41, 5.74) is 10.6. The lowest BCUT2D eigenvalue weighted by molar-refractivity contribution is 1.13. The topological polar surface area (TPSA) is 30.6 Å². The van der Waals surface area contributed by atoms with Crippen molar-refractivity contribution in [2.45, 2.75) is 0 Å². The van der Waals surface area contributed by atoms with Crippen LogP contribution in [-0.2, 0) is 0 Å². The zero-order chi connectivity index (χ0) is 39.9. The molecule has 0 saturated heterocycles. The molecular formula is C52H35Cl2IN4. The SMILES string of the molecule is Clc1c[nH]c2ccccc12.Clc1cn(-c2ccc3c(c2)c2ccccc2n3-c2ccccc2)c2ccccc12.Ic1ccc2c(c1)c1ccccc1n2-c1ccccc1. The van der Waals surface area contributed by atoms with Gasteiger partial charge < -0.3 is 18.7 Å². The maximum atomic E-state index is 6.50. The van der Waals surface area contributed by atoms with E-state index in [0.717, 1.165) is 37.5 Å². The van der Waals surface area contributed by atoms with Gasteiger partial charge in [-0.25, -0.2) is 0 Å². The average Bonchev–Trinajstić information content (AvgIpc) is 4.04. The smallest absolute Gasteiger partial charge is 0.0665 e. The van der Waals surface area contributed by atoms with Gasteiger partial charge in [0.1, 0.15) is 0 Å². The minimum Gasteiger partial charge on any atom is -0.360 e. The molecule has 4 nitrogen and oxygen atoms in total. The van der Waals surface area contributed by atoms with E-state index in [1.807, 2.05) is 36.5 Å². The minimum absolute atomic E-state index is 0.771. The van der Waals surface area contributed by atoms with Crippen LogP contribution in [0.3, 0.4) is 0 Å². The Morgan fingerprint density at radius 1 is 0.373 bits per heavy atom. The second-order valence-electron chi connectivity index (χ2n) is 14.3. The molecular weight excluding hydrogens is 878 g/mol. The van der Waals surface area contributed by atoms with Crippen molar-refractivity contribution in [2.24, 2.45) is 0 Å². The van der Waals surface area contributed by atoms with Crippen molar-refractivity contribution < 1.29 is 0 Å². The second kappa shape index (κ2) is 15.8. The molecule has 59 heavy (non-hydrogen) atoms. The summed E-state index contributed by atoms with van der Waals surface area (Å²) in [4.78, 5) is 3.06. The monoisotopic (exact) mass is 912 g/mol. The molecule has 0 spiro atoms. The van der Waals surface area contributed by atoms with Crippen LogP contribution in [0.25, 0.3) is 82.5 Å². The van der Waals surface area contributed by atoms with E-state index in [1.54, 1.807) is 6.20 Å². The van der Waals surface area contributed by atoms with Crippen LogP contribution in [0.1, 0.15) is 0 Å². The molecule has 0 unspecified atom stereocenters. The van der Waals surface area contributed by atoms with Crippen LogP contribution in [0.2, 0.25) is 10.0 Å². The van der Waals surface area contributed by atoms with Crippen molar-refractivity contribution in [3.8, 4) is 17.1 Å². The number of halogens is 3. The Hall–Kier alpha value is -6.25. The number of fused-ring (bicyclic) bond motifs is 8. The van der Waals surface area contributed by atoms with Gasteiger partial charge in [0, 0.05) is 70.9 Å². The van der Waals surface area contributed by atoms with Gasteiger partial charge in [-0.1, -0.05) is 132 Å². The first-order valence-corrected chi connectivity index (χ1v) is 21.2. The van der Waals surface area contributed by atoms with E-state index in [4.69, 9.17) is 23.2 Å². The highest BCUT2D eigenvalue weighted by Gasteiger charge is 2.15. The Morgan fingerprint density at radius 2 is 0.847 bits per heavy atom. The molecule has 4 aromatic heterocycles. The summed E-state index contributed by atoms with van der Waals surface area (Å²) in [5, 5.41) is 8.82. The van der Waals surface area contributed by atoms with E-state index in [2.05, 4.69) is 205 Å². The Labute approximate surface area is 364 Å². The molecule has 0 aliphatic rings. The van der Waals surface area contributed by atoms with E-state index in [9.17, 15) is 0 Å². The summed E-state index contributed by atoms with van der Waals surface area (Å²) in [7, 11) is 0. The molecule has 0 aliphatic carbocycles. The molecule has 0 bridgehead atoms. The number of H-pyrrole nitrogens is 1. The molecule has 0 saturated carbocycles. The molecule has 0 fully saturated rings. The van der Waals surface area contributed by atoms with Gasteiger partial charge in [-0.3, -0.25) is 0 Å². The van der Waals surface area contributed by atoms with Gasteiger partial charge in [0.2, 0.25) is 0 Å². The molecule has 7 heteroatoms. The number of para-hydroxylation sites is 6. The second-order valence-corrected chi connectivity index (χ2v) is 16.3. The minimum atomic E-state index is 0.771. The van der Waals surface area contributed by atoms with Crippen molar-refractivity contribution in [2.75, 3.05) is 0 Å². The summed E-state index contributed by atoms with van der Waals surface area (Å²) >= 11 is 14.7. The number of hydrogen-bond donors (Lipinski definition) is 1. The van der Waals surface area contributed by atoms with E-state index < -0.39 is 0 Å². The van der Waals surface area contributed by atoms with E-state index in [-0.39, 0.29) is 0 Å². The van der Waals surface area contributed by atoms with Crippen molar-refractivity contribution in [1.82, 2.24) is 18.7 Å². The van der Waals surface area contributed by atoms with Crippen molar-refractivity contribution >= 4 is 111 Å². The average molecular weight is 914 g/mol. The van der Waals surface area contributed by atoms with Gasteiger partial charge >= 0.3 is 0 Å². The molecule has 4 heterocycles. The van der Waals surface area contributed by atoms with Crippen molar-refractivity contribution in [3.05, 3.63) is 220 Å². The Bertz CT molecular complexity index is 3430. The zero-order valence-electron chi connectivity index (χ0n) is 31.6. The van der Waals surface area contributed by atoms with Gasteiger partial charge in [0.15, 0.2) is 0 Å². The summed E-state index contributed by atoms with van der Waals surface area (Å²) in [6, 6.07) is 67.7. The van der Waals surface area contributed by atoms with Gasteiger partial charge in [-0.05, 0) is 108 Å². The fourth-order valence-electron chi connectivity index (χ4n) is 8.15. The predicted octanol–water partition coefficient (Wildman–Crippen LogP) is 15.6. The van der Waals surface area contributed by atoms with Gasteiger partial charge in [-0.2, -0.15) is 0 Å². The molecule has 0 amide bonds. The molecule has 0 atom stereocenters. The molecule has 1 N–H and O–H groups in total. The maximum Gasteiger partial charge on any atom is 0.0665 e. The Balaban J connectivity index is 0.000000120. The summed E-state index contributed by atoms with van der Waals surface area (Å²) < 4.78 is 8.10. The highest BCUT2D eigenvalue weighted by Crippen LogP contribution is 2.36. The number of aromatic nitrogens is 4. The van der Waals surface area contributed by atoms with Crippen LogP contribution in [0.15, 0.2) is 207 Å². The fourth-order valence-corrected chi connectivity index (χ4v) is 9.12. The molecule has 8 aromatic carbocycles. The van der Waals surface area contributed by atoms with Crippen LogP contribution in [0.5, 0.6) is 0 Å². The van der Waals surface area contributed by atoms with E-state index >= 15 is 0 Å². The number of nitrogens with one attached hydrogen (secondary N) is 1. The predicted molar refractivity (Wildman–Crippen MR) is 259 cm³/mol. The summed E-state index contributed by atoms with van der Waals surface area (Å²) in [6.45, 7) is 0. The molecule has 0 radical (unpaired) electrons.